The number of phosphoric ester groups is 1. The maximum absolute atomic E-state index is 12.4. The van der Waals surface area contributed by atoms with Gasteiger partial charge >= 0.3 is 7.82 Å². The van der Waals surface area contributed by atoms with Crippen LogP contribution in [-0.4, -0.2) is 29.9 Å². The molecule has 0 radical (unpaired) electrons. The SMILES string of the molecule is CCCCCCCCCCCCCCCCOP(=O)(OC)OCCn1ccnc1. The third-order valence-corrected chi connectivity index (χ3v) is 6.57. The van der Waals surface area contributed by atoms with E-state index in [1.165, 1.54) is 84.2 Å². The quantitative estimate of drug-likeness (QED) is 0.153. The van der Waals surface area contributed by atoms with Gasteiger partial charge in [-0.25, -0.2) is 9.55 Å². The topological polar surface area (TPSA) is 62.6 Å². The molecule has 1 aromatic rings. The van der Waals surface area contributed by atoms with E-state index >= 15 is 0 Å². The lowest BCUT2D eigenvalue weighted by Crippen LogP contribution is -2.06. The Hall–Kier alpha value is -0.680. The monoisotopic (exact) mass is 430 g/mol. The molecule has 0 aromatic carbocycles. The lowest BCUT2D eigenvalue weighted by molar-refractivity contribution is 0.126. The molecule has 0 N–H and O–H groups in total. The number of hydrogen-bond acceptors (Lipinski definition) is 5. The third kappa shape index (κ3) is 14.9. The minimum Gasteiger partial charge on any atom is -0.335 e. The standard InChI is InChI=1S/C22H43N2O4P/c1-3-4-5-6-7-8-9-10-11-12-13-14-15-16-20-27-29(25,26-2)28-21-19-24-18-17-23-22-24/h17-18,22H,3-16,19-21H2,1-2H3. The van der Waals surface area contributed by atoms with Gasteiger partial charge in [-0.1, -0.05) is 90.4 Å². The molecule has 0 saturated heterocycles. The highest BCUT2D eigenvalue weighted by atomic mass is 31.2. The smallest absolute Gasteiger partial charge is 0.335 e. The zero-order chi connectivity index (χ0) is 21.0. The first-order valence-corrected chi connectivity index (χ1v) is 13.1. The minimum atomic E-state index is -3.44. The summed E-state index contributed by atoms with van der Waals surface area (Å²) in [5, 5.41) is 0. The molecule has 1 atom stereocenters. The molecule has 29 heavy (non-hydrogen) atoms. The second-order valence-corrected chi connectivity index (χ2v) is 9.47. The van der Waals surface area contributed by atoms with E-state index in [0.29, 0.717) is 13.2 Å². The molecule has 1 rings (SSSR count). The molecule has 0 aliphatic heterocycles. The molecular weight excluding hydrogens is 387 g/mol. The van der Waals surface area contributed by atoms with Crippen molar-refractivity contribution in [2.75, 3.05) is 20.3 Å². The van der Waals surface area contributed by atoms with Gasteiger partial charge in [-0.05, 0) is 6.42 Å². The number of hydrogen-bond donors (Lipinski definition) is 0. The highest BCUT2D eigenvalue weighted by molar-refractivity contribution is 7.48. The Morgan fingerprint density at radius 1 is 0.793 bits per heavy atom. The number of unbranched alkanes of at least 4 members (excludes halogenated alkanes) is 13. The highest BCUT2D eigenvalue weighted by Gasteiger charge is 2.24. The van der Waals surface area contributed by atoms with E-state index in [2.05, 4.69) is 11.9 Å². The Morgan fingerprint density at radius 3 is 1.79 bits per heavy atom. The van der Waals surface area contributed by atoms with E-state index in [0.717, 1.165) is 12.8 Å². The summed E-state index contributed by atoms with van der Waals surface area (Å²) in [6.07, 6.45) is 23.5. The van der Waals surface area contributed by atoms with Crippen LogP contribution in [0.1, 0.15) is 96.8 Å². The molecule has 6 nitrogen and oxygen atoms in total. The van der Waals surface area contributed by atoms with Crippen LogP contribution in [0.15, 0.2) is 18.7 Å². The maximum Gasteiger partial charge on any atom is 0.474 e. The van der Waals surface area contributed by atoms with Crippen LogP contribution in [0.2, 0.25) is 0 Å². The van der Waals surface area contributed by atoms with E-state index in [1.807, 2.05) is 10.8 Å². The lowest BCUT2D eigenvalue weighted by atomic mass is 10.0. The van der Waals surface area contributed by atoms with Crippen molar-refractivity contribution in [1.82, 2.24) is 9.55 Å². The first-order chi connectivity index (χ1) is 14.2. The van der Waals surface area contributed by atoms with E-state index in [9.17, 15) is 4.57 Å². The molecule has 0 bridgehead atoms. The molecule has 1 unspecified atom stereocenters. The van der Waals surface area contributed by atoms with Crippen molar-refractivity contribution < 1.29 is 18.1 Å². The molecule has 1 aromatic heterocycles. The van der Waals surface area contributed by atoms with Crippen LogP contribution < -0.4 is 0 Å². The van der Waals surface area contributed by atoms with Crippen LogP contribution in [0.5, 0.6) is 0 Å². The summed E-state index contributed by atoms with van der Waals surface area (Å²) in [5.41, 5.74) is 0. The van der Waals surface area contributed by atoms with Crippen LogP contribution in [0, 0.1) is 0 Å². The summed E-state index contributed by atoms with van der Waals surface area (Å²) in [5.74, 6) is 0. The Balaban J connectivity index is 1.87. The fourth-order valence-corrected chi connectivity index (χ4v) is 4.24. The van der Waals surface area contributed by atoms with Crippen molar-refractivity contribution in [3.63, 3.8) is 0 Å². The van der Waals surface area contributed by atoms with E-state index in [4.69, 9.17) is 13.6 Å². The van der Waals surface area contributed by atoms with Gasteiger partial charge < -0.3 is 4.57 Å². The van der Waals surface area contributed by atoms with Gasteiger partial charge in [0.25, 0.3) is 0 Å². The maximum atomic E-state index is 12.4. The van der Waals surface area contributed by atoms with Gasteiger partial charge in [-0.3, -0.25) is 13.6 Å². The van der Waals surface area contributed by atoms with Crippen molar-refractivity contribution in [3.05, 3.63) is 18.7 Å². The van der Waals surface area contributed by atoms with Crippen molar-refractivity contribution in [2.24, 2.45) is 0 Å². The molecule has 0 aliphatic carbocycles. The molecule has 7 heteroatoms. The molecule has 0 spiro atoms. The largest absolute Gasteiger partial charge is 0.474 e. The Kier molecular flexibility index (Phi) is 16.5. The second kappa shape index (κ2) is 18.1. The van der Waals surface area contributed by atoms with Crippen LogP contribution in [0.3, 0.4) is 0 Å². The van der Waals surface area contributed by atoms with Crippen LogP contribution in [-0.2, 0) is 24.7 Å². The van der Waals surface area contributed by atoms with E-state index in [-0.39, 0.29) is 6.61 Å². The minimum absolute atomic E-state index is 0.264. The van der Waals surface area contributed by atoms with Crippen LogP contribution in [0.25, 0.3) is 0 Å². The van der Waals surface area contributed by atoms with Gasteiger partial charge in [0.15, 0.2) is 0 Å². The predicted octanol–water partition coefficient (Wildman–Crippen LogP) is 7.15. The molecular formula is C22H43N2O4P. The summed E-state index contributed by atoms with van der Waals surface area (Å²) >= 11 is 0. The van der Waals surface area contributed by atoms with Gasteiger partial charge in [0.05, 0.1) is 19.5 Å². The van der Waals surface area contributed by atoms with Gasteiger partial charge in [0.1, 0.15) is 0 Å². The van der Waals surface area contributed by atoms with Gasteiger partial charge in [-0.2, -0.15) is 0 Å². The molecule has 0 fully saturated rings. The number of nitrogens with zero attached hydrogens (tertiary/aromatic N) is 2. The molecule has 1 heterocycles. The van der Waals surface area contributed by atoms with Gasteiger partial charge in [0.2, 0.25) is 0 Å². The van der Waals surface area contributed by atoms with Crippen LogP contribution in [0.4, 0.5) is 0 Å². The first kappa shape index (κ1) is 26.4. The summed E-state index contributed by atoms with van der Waals surface area (Å²) in [4.78, 5) is 3.96. The predicted molar refractivity (Wildman–Crippen MR) is 119 cm³/mol. The zero-order valence-corrected chi connectivity index (χ0v) is 19.6. The summed E-state index contributed by atoms with van der Waals surface area (Å²) in [6, 6.07) is 0. The average molecular weight is 431 g/mol. The average Bonchev–Trinajstić information content (AvgIpc) is 3.24. The van der Waals surface area contributed by atoms with Crippen LogP contribution >= 0.6 is 7.82 Å². The normalized spacial score (nSPS) is 13.6. The Bertz CT molecular complexity index is 511. The number of imidazole rings is 1. The lowest BCUT2D eigenvalue weighted by Gasteiger charge is -2.16. The van der Waals surface area contributed by atoms with Crippen molar-refractivity contribution >= 4 is 7.82 Å². The third-order valence-electron chi connectivity index (χ3n) is 5.13. The van der Waals surface area contributed by atoms with Crippen molar-refractivity contribution in [3.8, 4) is 0 Å². The molecule has 0 saturated carbocycles. The fraction of sp³-hybridized carbons (Fsp3) is 0.864. The summed E-state index contributed by atoms with van der Waals surface area (Å²) < 4.78 is 29.9. The first-order valence-electron chi connectivity index (χ1n) is 11.6. The van der Waals surface area contributed by atoms with Crippen molar-refractivity contribution in [2.45, 2.75) is 103 Å². The molecule has 0 amide bonds. The second-order valence-electron chi connectivity index (χ2n) is 7.69. The molecule has 0 aliphatic rings. The van der Waals surface area contributed by atoms with E-state index in [1.54, 1.807) is 12.5 Å². The number of aromatic nitrogens is 2. The Morgan fingerprint density at radius 2 is 1.31 bits per heavy atom. The van der Waals surface area contributed by atoms with E-state index < -0.39 is 7.82 Å². The highest BCUT2D eigenvalue weighted by Crippen LogP contribution is 2.48. The summed E-state index contributed by atoms with van der Waals surface area (Å²) in [6.45, 7) is 3.51. The van der Waals surface area contributed by atoms with Gasteiger partial charge in [0, 0.05) is 26.0 Å². The summed E-state index contributed by atoms with van der Waals surface area (Å²) in [7, 11) is -2.07. The molecule has 170 valence electrons. The number of rotatable bonds is 21. The Labute approximate surface area is 178 Å². The fourth-order valence-electron chi connectivity index (χ4n) is 3.29. The number of phosphoric acid groups is 1. The van der Waals surface area contributed by atoms with Crippen molar-refractivity contribution in [1.29, 1.82) is 0 Å². The van der Waals surface area contributed by atoms with Gasteiger partial charge in [-0.15, -0.1) is 0 Å². The zero-order valence-electron chi connectivity index (χ0n) is 18.7.